The molecule has 1 aliphatic rings. The highest BCUT2D eigenvalue weighted by atomic mass is 35.5. The molecule has 0 unspecified atom stereocenters. The Morgan fingerprint density at radius 1 is 1.14 bits per heavy atom. The van der Waals surface area contributed by atoms with Gasteiger partial charge in [-0.2, -0.15) is 0 Å². The van der Waals surface area contributed by atoms with Crippen molar-refractivity contribution in [1.29, 1.82) is 0 Å². The lowest BCUT2D eigenvalue weighted by Gasteiger charge is -2.14. The molecule has 1 heterocycles. The minimum absolute atomic E-state index is 0.686. The molecule has 2 N–H and O–H groups in total. The largest absolute Gasteiger partial charge is 0.496 e. The molecule has 0 radical (unpaired) electrons. The van der Waals surface area contributed by atoms with Crippen LogP contribution in [0, 0.1) is 0 Å². The molecule has 1 aromatic heterocycles. The lowest BCUT2D eigenvalue weighted by atomic mass is 9.93. The normalized spacial score (nSPS) is 14.5. The molecule has 4 nitrogen and oxygen atoms in total. The highest BCUT2D eigenvalue weighted by Gasteiger charge is 2.51. The number of thiophene rings is 1. The molecule has 0 spiro atoms. The van der Waals surface area contributed by atoms with E-state index in [9.17, 15) is 9.90 Å². The van der Waals surface area contributed by atoms with Crippen molar-refractivity contribution in [2.24, 2.45) is 0 Å². The molecule has 144 valence electrons. The lowest BCUT2D eigenvalue weighted by Crippen LogP contribution is -2.19. The molecule has 28 heavy (non-hydrogen) atoms. The second-order valence-corrected chi connectivity index (χ2v) is 8.61. The Morgan fingerprint density at radius 3 is 2.39 bits per heavy atom. The predicted molar refractivity (Wildman–Crippen MR) is 115 cm³/mol. The van der Waals surface area contributed by atoms with Crippen LogP contribution in [0.15, 0.2) is 48.5 Å². The number of carboxylic acids is 1. The van der Waals surface area contributed by atoms with Gasteiger partial charge < -0.3 is 15.2 Å². The van der Waals surface area contributed by atoms with Crippen LogP contribution in [0.4, 0.5) is 5.69 Å². The van der Waals surface area contributed by atoms with E-state index >= 15 is 0 Å². The Labute approximate surface area is 172 Å². The fourth-order valence-electron chi connectivity index (χ4n) is 3.55. The summed E-state index contributed by atoms with van der Waals surface area (Å²) in [5.41, 5.74) is 4.15. The van der Waals surface area contributed by atoms with E-state index in [-0.39, 0.29) is 0 Å². The summed E-state index contributed by atoms with van der Waals surface area (Å²) in [7, 11) is 3.53. The van der Waals surface area contributed by atoms with Gasteiger partial charge in [-0.05, 0) is 41.7 Å². The van der Waals surface area contributed by atoms with Gasteiger partial charge in [0.2, 0.25) is 0 Å². The van der Waals surface area contributed by atoms with Crippen molar-refractivity contribution < 1.29 is 14.6 Å². The first-order chi connectivity index (χ1) is 13.5. The van der Waals surface area contributed by atoms with Crippen molar-refractivity contribution in [2.75, 3.05) is 19.5 Å². The van der Waals surface area contributed by atoms with Crippen LogP contribution in [-0.2, 0) is 10.2 Å². The third-order valence-electron chi connectivity index (χ3n) is 5.34. The first-order valence-corrected chi connectivity index (χ1v) is 10.2. The maximum atomic E-state index is 11.5. The smallest absolute Gasteiger partial charge is 0.314 e. The van der Waals surface area contributed by atoms with E-state index in [2.05, 4.69) is 5.32 Å². The van der Waals surface area contributed by atoms with E-state index in [1.165, 1.54) is 11.3 Å². The predicted octanol–water partition coefficient (Wildman–Crippen LogP) is 5.90. The molecule has 2 aromatic carbocycles. The van der Waals surface area contributed by atoms with Gasteiger partial charge in [-0.1, -0.05) is 48.0 Å². The second-order valence-electron chi connectivity index (χ2n) is 6.92. The van der Waals surface area contributed by atoms with Crippen LogP contribution in [0.3, 0.4) is 0 Å². The fraction of sp³-hybridized carbons (Fsp3) is 0.227. The Bertz CT molecular complexity index is 1040. The molecule has 3 aromatic rings. The molecule has 6 heteroatoms. The Balaban J connectivity index is 1.70. The third-order valence-corrected chi connectivity index (χ3v) is 6.66. The molecular weight excluding hydrogens is 394 g/mol. The van der Waals surface area contributed by atoms with Crippen molar-refractivity contribution in [1.82, 2.24) is 0 Å². The molecule has 0 bridgehead atoms. The minimum Gasteiger partial charge on any atom is -0.496 e. The van der Waals surface area contributed by atoms with Crippen LogP contribution in [0.1, 0.15) is 18.4 Å². The van der Waals surface area contributed by atoms with E-state index in [1.807, 2.05) is 55.6 Å². The number of benzene rings is 2. The first kappa shape index (κ1) is 18.8. The van der Waals surface area contributed by atoms with Crippen LogP contribution < -0.4 is 10.1 Å². The summed E-state index contributed by atoms with van der Waals surface area (Å²) in [6, 6.07) is 15.8. The zero-order valence-electron chi connectivity index (χ0n) is 15.6. The fourth-order valence-corrected chi connectivity index (χ4v) is 4.78. The quantitative estimate of drug-likeness (QED) is 0.528. The van der Waals surface area contributed by atoms with Crippen LogP contribution in [0.25, 0.3) is 21.6 Å². The van der Waals surface area contributed by atoms with Gasteiger partial charge in [0.25, 0.3) is 0 Å². The monoisotopic (exact) mass is 413 g/mol. The number of hydrogen-bond acceptors (Lipinski definition) is 4. The van der Waals surface area contributed by atoms with Gasteiger partial charge in [0, 0.05) is 12.6 Å². The van der Waals surface area contributed by atoms with Gasteiger partial charge in [0.05, 0.1) is 27.4 Å². The van der Waals surface area contributed by atoms with Gasteiger partial charge in [0.1, 0.15) is 5.75 Å². The molecule has 0 atom stereocenters. The number of carboxylic acid groups (broad SMARTS) is 1. The van der Waals surface area contributed by atoms with Gasteiger partial charge in [-0.15, -0.1) is 11.3 Å². The number of hydrogen-bond donors (Lipinski definition) is 2. The molecule has 1 aliphatic carbocycles. The van der Waals surface area contributed by atoms with Crippen molar-refractivity contribution in [3.63, 3.8) is 0 Å². The maximum Gasteiger partial charge on any atom is 0.314 e. The number of methoxy groups -OCH3 is 1. The van der Waals surface area contributed by atoms with Crippen molar-refractivity contribution in [2.45, 2.75) is 18.3 Å². The minimum atomic E-state index is -0.739. The Hall–Kier alpha value is -2.50. The van der Waals surface area contributed by atoms with Gasteiger partial charge in [-0.25, -0.2) is 0 Å². The van der Waals surface area contributed by atoms with Crippen LogP contribution in [-0.4, -0.2) is 25.2 Å². The van der Waals surface area contributed by atoms with E-state index in [4.69, 9.17) is 16.3 Å². The number of aliphatic carboxylic acids is 1. The summed E-state index contributed by atoms with van der Waals surface area (Å²) in [4.78, 5) is 12.6. The van der Waals surface area contributed by atoms with Crippen molar-refractivity contribution >= 4 is 34.6 Å². The Morgan fingerprint density at radius 2 is 1.82 bits per heavy atom. The molecule has 0 saturated heterocycles. The topological polar surface area (TPSA) is 58.6 Å². The highest BCUT2D eigenvalue weighted by Crippen LogP contribution is 2.49. The van der Waals surface area contributed by atoms with E-state index in [1.54, 1.807) is 7.11 Å². The molecule has 0 aliphatic heterocycles. The SMILES string of the molecule is CNc1cc(Cl)sc1-c1ccc(-c2ccc(C3(C(=O)O)CC3)cc2)c(OC)c1. The Kier molecular flexibility index (Phi) is 4.81. The summed E-state index contributed by atoms with van der Waals surface area (Å²) in [5.74, 6) is 0.0216. The maximum absolute atomic E-state index is 11.5. The average molecular weight is 414 g/mol. The number of halogens is 1. The summed E-state index contributed by atoms with van der Waals surface area (Å²) in [5, 5.41) is 12.6. The average Bonchev–Trinajstić information content (AvgIpc) is 3.44. The van der Waals surface area contributed by atoms with E-state index < -0.39 is 11.4 Å². The van der Waals surface area contributed by atoms with Crippen LogP contribution in [0.5, 0.6) is 5.75 Å². The molecule has 0 amide bonds. The van der Waals surface area contributed by atoms with Crippen LogP contribution in [0.2, 0.25) is 4.34 Å². The number of rotatable bonds is 6. The summed E-state index contributed by atoms with van der Waals surface area (Å²) in [6.45, 7) is 0. The number of ether oxygens (including phenoxy) is 1. The van der Waals surface area contributed by atoms with Crippen molar-refractivity contribution in [3.8, 4) is 27.3 Å². The zero-order valence-corrected chi connectivity index (χ0v) is 17.2. The number of anilines is 1. The van der Waals surface area contributed by atoms with Gasteiger partial charge in [0.15, 0.2) is 0 Å². The van der Waals surface area contributed by atoms with E-state index in [0.29, 0.717) is 12.8 Å². The summed E-state index contributed by atoms with van der Waals surface area (Å²) >= 11 is 7.70. The van der Waals surface area contributed by atoms with Gasteiger partial charge in [-0.3, -0.25) is 4.79 Å². The molecule has 1 saturated carbocycles. The molecule has 4 rings (SSSR count). The van der Waals surface area contributed by atoms with E-state index in [0.717, 1.165) is 42.9 Å². The van der Waals surface area contributed by atoms with Crippen LogP contribution >= 0.6 is 22.9 Å². The van der Waals surface area contributed by atoms with Gasteiger partial charge >= 0.3 is 5.97 Å². The number of carbonyl (C=O) groups is 1. The number of nitrogens with one attached hydrogen (secondary N) is 1. The third kappa shape index (κ3) is 3.15. The second kappa shape index (κ2) is 7.15. The summed E-state index contributed by atoms with van der Waals surface area (Å²) < 4.78 is 6.37. The molecule has 1 fully saturated rings. The molecular formula is C22H20ClNO3S. The first-order valence-electron chi connectivity index (χ1n) is 8.98. The van der Waals surface area contributed by atoms with Crippen molar-refractivity contribution in [3.05, 3.63) is 58.4 Å². The highest BCUT2D eigenvalue weighted by molar-refractivity contribution is 7.20. The lowest BCUT2D eigenvalue weighted by molar-refractivity contribution is -0.140. The standard InChI is InChI=1S/C22H20ClNO3S/c1-24-17-12-19(23)28-20(17)14-5-8-16(18(11-14)27-2)13-3-6-15(7-4-13)22(9-10-22)21(25)26/h3-8,11-12,24H,9-10H2,1-2H3,(H,25,26). The summed E-state index contributed by atoms with van der Waals surface area (Å²) in [6.07, 6.45) is 1.41. The zero-order chi connectivity index (χ0) is 19.9.